The highest BCUT2D eigenvalue weighted by Crippen LogP contribution is 2.22. The number of piperidine rings is 1. The molecule has 5 heteroatoms. The summed E-state index contributed by atoms with van der Waals surface area (Å²) < 4.78 is 0. The van der Waals surface area contributed by atoms with E-state index in [-0.39, 0.29) is 17.7 Å². The molecule has 0 aliphatic carbocycles. The normalized spacial score (nSPS) is 16.4. The molecule has 3 nitrogen and oxygen atoms in total. The van der Waals surface area contributed by atoms with Crippen LogP contribution in [0.1, 0.15) is 38.7 Å². The molecule has 1 fully saturated rings. The standard InChI is InChI=1S/C18H28N2OS.ClH/c1-3-13-20(17-9-11-19-12-10-17)18(21)15(2)22-14-16-7-5-4-6-8-16;/h4-8,15,17,19H,3,9-14H2,1-2H3;1H. The van der Waals surface area contributed by atoms with Crippen molar-refractivity contribution >= 4 is 30.1 Å². The van der Waals surface area contributed by atoms with Gasteiger partial charge >= 0.3 is 0 Å². The highest BCUT2D eigenvalue weighted by atomic mass is 35.5. The molecule has 1 aliphatic rings. The Morgan fingerprint density at radius 3 is 2.57 bits per heavy atom. The zero-order valence-corrected chi connectivity index (χ0v) is 15.8. The van der Waals surface area contributed by atoms with Crippen LogP contribution >= 0.6 is 24.2 Å². The summed E-state index contributed by atoms with van der Waals surface area (Å²) in [4.78, 5) is 15.0. The van der Waals surface area contributed by atoms with Crippen LogP contribution in [0, 0.1) is 0 Å². The van der Waals surface area contributed by atoms with Crippen LogP contribution in [0.4, 0.5) is 0 Å². The minimum absolute atomic E-state index is 0. The molecule has 2 rings (SSSR count). The van der Waals surface area contributed by atoms with Gasteiger partial charge in [0.25, 0.3) is 0 Å². The van der Waals surface area contributed by atoms with E-state index >= 15 is 0 Å². The monoisotopic (exact) mass is 356 g/mol. The Kier molecular flexibility index (Phi) is 9.68. The zero-order chi connectivity index (χ0) is 15.8. The van der Waals surface area contributed by atoms with Crippen LogP contribution in [0.25, 0.3) is 0 Å². The SMILES string of the molecule is CCCN(C(=O)C(C)SCc1ccccc1)C1CCNCC1.Cl. The Labute approximate surface area is 151 Å². The summed E-state index contributed by atoms with van der Waals surface area (Å²) in [5.41, 5.74) is 1.29. The van der Waals surface area contributed by atoms with Crippen LogP contribution in [0.3, 0.4) is 0 Å². The van der Waals surface area contributed by atoms with Crippen molar-refractivity contribution < 1.29 is 4.79 Å². The molecule has 1 unspecified atom stereocenters. The minimum Gasteiger partial charge on any atom is -0.339 e. The average molecular weight is 357 g/mol. The van der Waals surface area contributed by atoms with Crippen molar-refractivity contribution in [3.05, 3.63) is 35.9 Å². The van der Waals surface area contributed by atoms with Gasteiger partial charge in [0.1, 0.15) is 0 Å². The molecule has 23 heavy (non-hydrogen) atoms. The van der Waals surface area contributed by atoms with Crippen LogP contribution in [0.2, 0.25) is 0 Å². The largest absolute Gasteiger partial charge is 0.339 e. The van der Waals surface area contributed by atoms with Gasteiger partial charge in [-0.1, -0.05) is 37.3 Å². The molecule has 1 N–H and O–H groups in total. The van der Waals surface area contributed by atoms with Crippen molar-refractivity contribution in [3.63, 3.8) is 0 Å². The van der Waals surface area contributed by atoms with E-state index in [1.54, 1.807) is 11.8 Å². The van der Waals surface area contributed by atoms with Crippen molar-refractivity contribution in [1.29, 1.82) is 0 Å². The molecule has 1 atom stereocenters. The molecule has 1 aromatic carbocycles. The van der Waals surface area contributed by atoms with Crippen molar-refractivity contribution in [2.24, 2.45) is 0 Å². The van der Waals surface area contributed by atoms with E-state index in [0.717, 1.165) is 44.6 Å². The summed E-state index contributed by atoms with van der Waals surface area (Å²) in [6.45, 7) is 7.16. The van der Waals surface area contributed by atoms with Gasteiger partial charge < -0.3 is 10.2 Å². The second kappa shape index (κ2) is 11.0. The molecule has 1 amide bonds. The highest BCUT2D eigenvalue weighted by molar-refractivity contribution is 7.99. The molecule has 0 spiro atoms. The predicted molar refractivity (Wildman–Crippen MR) is 102 cm³/mol. The van der Waals surface area contributed by atoms with Gasteiger partial charge in [-0.2, -0.15) is 0 Å². The van der Waals surface area contributed by atoms with Gasteiger partial charge in [0, 0.05) is 18.3 Å². The van der Waals surface area contributed by atoms with Gasteiger partial charge in [-0.25, -0.2) is 0 Å². The summed E-state index contributed by atoms with van der Waals surface area (Å²) in [6, 6.07) is 10.8. The van der Waals surface area contributed by atoms with Gasteiger partial charge in [-0.05, 0) is 44.8 Å². The van der Waals surface area contributed by atoms with Crippen LogP contribution in [-0.4, -0.2) is 41.7 Å². The molecular formula is C18H29ClN2OS. The molecule has 130 valence electrons. The van der Waals surface area contributed by atoms with Gasteiger partial charge in [-0.15, -0.1) is 24.2 Å². The fourth-order valence-corrected chi connectivity index (χ4v) is 3.85. The number of thioether (sulfide) groups is 1. The number of carbonyl (C=O) groups excluding carboxylic acids is 1. The Hall–Kier alpha value is -0.710. The van der Waals surface area contributed by atoms with E-state index in [2.05, 4.69) is 48.3 Å². The molecule has 1 aromatic rings. The number of halogens is 1. The fraction of sp³-hybridized carbons (Fsp3) is 0.611. The molecule has 1 heterocycles. The molecule has 0 aromatic heterocycles. The first-order valence-electron chi connectivity index (χ1n) is 8.39. The number of nitrogens with zero attached hydrogens (tertiary/aromatic N) is 1. The third-order valence-corrected chi connectivity index (χ3v) is 5.39. The Bertz CT molecular complexity index is 452. The van der Waals surface area contributed by atoms with Crippen molar-refractivity contribution in [3.8, 4) is 0 Å². The second-order valence-corrected chi connectivity index (χ2v) is 7.28. The maximum absolute atomic E-state index is 12.8. The summed E-state index contributed by atoms with van der Waals surface area (Å²) in [6.07, 6.45) is 3.20. The number of hydrogen-bond acceptors (Lipinski definition) is 3. The number of benzene rings is 1. The number of nitrogens with one attached hydrogen (secondary N) is 1. The van der Waals surface area contributed by atoms with Crippen molar-refractivity contribution in [2.75, 3.05) is 19.6 Å². The minimum atomic E-state index is 0. The van der Waals surface area contributed by atoms with E-state index in [1.165, 1.54) is 5.56 Å². The van der Waals surface area contributed by atoms with Crippen LogP contribution in [0.5, 0.6) is 0 Å². The summed E-state index contributed by atoms with van der Waals surface area (Å²) in [7, 11) is 0. The lowest BCUT2D eigenvalue weighted by molar-refractivity contribution is -0.133. The Morgan fingerprint density at radius 2 is 1.96 bits per heavy atom. The third kappa shape index (κ3) is 6.36. The fourth-order valence-electron chi connectivity index (χ4n) is 2.93. The third-order valence-electron chi connectivity index (χ3n) is 4.19. The number of hydrogen-bond donors (Lipinski definition) is 1. The number of rotatable bonds is 7. The molecule has 1 saturated heterocycles. The lowest BCUT2D eigenvalue weighted by Crippen LogP contribution is -2.48. The lowest BCUT2D eigenvalue weighted by atomic mass is 10.0. The maximum atomic E-state index is 12.8. The molecule has 0 radical (unpaired) electrons. The first-order valence-corrected chi connectivity index (χ1v) is 9.44. The van der Waals surface area contributed by atoms with Crippen LogP contribution in [0.15, 0.2) is 30.3 Å². The smallest absolute Gasteiger partial charge is 0.235 e. The Morgan fingerprint density at radius 1 is 1.30 bits per heavy atom. The van der Waals surface area contributed by atoms with Gasteiger partial charge in [0.2, 0.25) is 5.91 Å². The number of carbonyl (C=O) groups is 1. The average Bonchev–Trinajstić information content (AvgIpc) is 2.58. The van der Waals surface area contributed by atoms with Crippen molar-refractivity contribution in [1.82, 2.24) is 10.2 Å². The van der Waals surface area contributed by atoms with Gasteiger partial charge in [-0.3, -0.25) is 4.79 Å². The van der Waals surface area contributed by atoms with Gasteiger partial charge in [0.15, 0.2) is 0 Å². The zero-order valence-electron chi connectivity index (χ0n) is 14.2. The molecular weight excluding hydrogens is 328 g/mol. The van der Waals surface area contributed by atoms with E-state index in [4.69, 9.17) is 0 Å². The van der Waals surface area contributed by atoms with Crippen LogP contribution in [-0.2, 0) is 10.5 Å². The molecule has 0 saturated carbocycles. The van der Waals surface area contributed by atoms with E-state index < -0.39 is 0 Å². The van der Waals surface area contributed by atoms with E-state index in [0.29, 0.717) is 11.9 Å². The lowest BCUT2D eigenvalue weighted by Gasteiger charge is -2.36. The van der Waals surface area contributed by atoms with E-state index in [9.17, 15) is 4.79 Å². The second-order valence-electron chi connectivity index (χ2n) is 5.95. The number of amides is 1. The first-order chi connectivity index (χ1) is 10.7. The quantitative estimate of drug-likeness (QED) is 0.808. The summed E-state index contributed by atoms with van der Waals surface area (Å²) in [5, 5.41) is 3.41. The predicted octanol–water partition coefficient (Wildman–Crippen LogP) is 3.72. The molecule has 0 bridgehead atoms. The summed E-state index contributed by atoms with van der Waals surface area (Å²) in [5.74, 6) is 1.22. The summed E-state index contributed by atoms with van der Waals surface area (Å²) >= 11 is 1.75. The molecule has 1 aliphatic heterocycles. The first kappa shape index (κ1) is 20.3. The van der Waals surface area contributed by atoms with Crippen molar-refractivity contribution in [2.45, 2.75) is 50.2 Å². The Balaban J connectivity index is 0.00000264. The van der Waals surface area contributed by atoms with Crippen LogP contribution < -0.4 is 5.32 Å². The maximum Gasteiger partial charge on any atom is 0.235 e. The highest BCUT2D eigenvalue weighted by Gasteiger charge is 2.27. The topological polar surface area (TPSA) is 32.3 Å². The van der Waals surface area contributed by atoms with E-state index in [1.807, 2.05) is 6.07 Å². The van der Waals surface area contributed by atoms with Gasteiger partial charge in [0.05, 0.1) is 5.25 Å².